The molecule has 0 aromatic heterocycles. The van der Waals surface area contributed by atoms with Gasteiger partial charge < -0.3 is 19.8 Å². The van der Waals surface area contributed by atoms with E-state index in [0.29, 0.717) is 16.7 Å². The number of aliphatic hydroxyl groups excluding tert-OH is 2. The maximum absolute atomic E-state index is 12.8. The molecule has 1 aliphatic heterocycles. The van der Waals surface area contributed by atoms with Gasteiger partial charge in [-0.1, -0.05) is 42.0 Å². The number of esters is 1. The van der Waals surface area contributed by atoms with E-state index in [1.807, 2.05) is 6.92 Å². The number of methoxy groups -OCH3 is 1. The maximum atomic E-state index is 12.8. The molecule has 2 N–H and O–H groups in total. The Morgan fingerprint density at radius 3 is 2.17 bits per heavy atom. The Kier molecular flexibility index (Phi) is 6.03. The van der Waals surface area contributed by atoms with Crippen LogP contribution in [0.4, 0.5) is 0 Å². The summed E-state index contributed by atoms with van der Waals surface area (Å²) in [4.78, 5) is 38.5. The van der Waals surface area contributed by atoms with Gasteiger partial charge in [-0.3, -0.25) is 9.59 Å². The number of carbonyl (C=O) groups excluding carboxylic acids is 3. The number of aryl methyl sites for hydroxylation is 1. The minimum Gasteiger partial charge on any atom is -0.507 e. The summed E-state index contributed by atoms with van der Waals surface area (Å²) in [6.07, 6.45) is -0.875. The molecule has 1 amide bonds. The predicted molar refractivity (Wildman–Crippen MR) is 110 cm³/mol. The van der Waals surface area contributed by atoms with Gasteiger partial charge in [0.15, 0.2) is 0 Å². The van der Waals surface area contributed by atoms with Crippen LogP contribution in [0.15, 0.2) is 54.1 Å². The van der Waals surface area contributed by atoms with Crippen LogP contribution in [-0.2, 0) is 14.3 Å². The number of carbonyl (C=O) groups is 3. The molecule has 2 unspecified atom stereocenters. The lowest BCUT2D eigenvalue weighted by Gasteiger charge is -2.26. The van der Waals surface area contributed by atoms with Crippen LogP contribution in [0.1, 0.15) is 40.0 Å². The van der Waals surface area contributed by atoms with Crippen molar-refractivity contribution in [3.05, 3.63) is 76.4 Å². The molecular weight excluding hydrogens is 386 g/mol. The molecule has 7 nitrogen and oxygen atoms in total. The van der Waals surface area contributed by atoms with Gasteiger partial charge >= 0.3 is 5.97 Å². The lowest BCUT2D eigenvalue weighted by Crippen LogP contribution is -2.35. The lowest BCUT2D eigenvalue weighted by molar-refractivity contribution is -0.140. The summed E-state index contributed by atoms with van der Waals surface area (Å²) in [6, 6.07) is 12.3. The molecule has 2 aromatic rings. The zero-order chi connectivity index (χ0) is 22.0. The predicted octanol–water partition coefficient (Wildman–Crippen LogP) is 2.58. The van der Waals surface area contributed by atoms with Crippen LogP contribution >= 0.6 is 0 Å². The van der Waals surface area contributed by atoms with Gasteiger partial charge in [-0.25, -0.2) is 4.79 Å². The molecule has 1 aliphatic rings. The van der Waals surface area contributed by atoms with Gasteiger partial charge in [-0.15, -0.1) is 0 Å². The van der Waals surface area contributed by atoms with Crippen molar-refractivity contribution < 1.29 is 29.3 Å². The van der Waals surface area contributed by atoms with Crippen molar-refractivity contribution >= 4 is 23.4 Å². The molecule has 7 heteroatoms. The first kappa shape index (κ1) is 21.3. The van der Waals surface area contributed by atoms with Crippen LogP contribution in [0, 0.1) is 6.92 Å². The third kappa shape index (κ3) is 3.97. The standard InChI is InChI=1S/C23H23NO6/c1-13-4-6-16(7-5-13)20(26)18-19(24(12-14(2)25)22(28)21(18)27)15-8-10-17(11-9-15)23(29)30-3/h4-11,14,19,25-26H,12H2,1-3H3/b20-18+. The second-order valence-corrected chi connectivity index (χ2v) is 7.28. The Hall–Kier alpha value is -3.45. The number of ketones is 1. The van der Waals surface area contributed by atoms with E-state index in [1.54, 1.807) is 36.4 Å². The number of likely N-dealkylation sites (tertiary alicyclic amines) is 1. The highest BCUT2D eigenvalue weighted by Gasteiger charge is 2.46. The Morgan fingerprint density at radius 2 is 1.63 bits per heavy atom. The molecule has 2 atom stereocenters. The van der Waals surface area contributed by atoms with Gasteiger partial charge in [0.05, 0.1) is 30.4 Å². The monoisotopic (exact) mass is 409 g/mol. The number of nitrogens with zero attached hydrogens (tertiary/aromatic N) is 1. The molecule has 2 aromatic carbocycles. The number of ether oxygens (including phenoxy) is 1. The summed E-state index contributed by atoms with van der Waals surface area (Å²) in [7, 11) is 1.27. The molecular formula is C23H23NO6. The van der Waals surface area contributed by atoms with Crippen molar-refractivity contribution in [2.75, 3.05) is 13.7 Å². The molecule has 156 valence electrons. The van der Waals surface area contributed by atoms with Crippen LogP contribution in [0.25, 0.3) is 5.76 Å². The average Bonchev–Trinajstić information content (AvgIpc) is 2.97. The second kappa shape index (κ2) is 8.51. The number of hydrogen-bond acceptors (Lipinski definition) is 6. The summed E-state index contributed by atoms with van der Waals surface area (Å²) in [5.74, 6) is -2.43. The number of β-amino-alcohol motifs (C(OH)–C–C–N with tert-alkyl or cyclic N) is 1. The fraction of sp³-hybridized carbons (Fsp3) is 0.261. The van der Waals surface area contributed by atoms with Crippen LogP contribution in [0.5, 0.6) is 0 Å². The first-order valence-electron chi connectivity index (χ1n) is 9.46. The molecule has 30 heavy (non-hydrogen) atoms. The fourth-order valence-electron chi connectivity index (χ4n) is 3.49. The highest BCUT2D eigenvalue weighted by Crippen LogP contribution is 2.39. The molecule has 0 aliphatic carbocycles. The van der Waals surface area contributed by atoms with E-state index < -0.39 is 29.8 Å². The number of rotatable bonds is 5. The zero-order valence-corrected chi connectivity index (χ0v) is 17.0. The van der Waals surface area contributed by atoms with E-state index >= 15 is 0 Å². The second-order valence-electron chi connectivity index (χ2n) is 7.28. The van der Waals surface area contributed by atoms with Crippen LogP contribution in [0.2, 0.25) is 0 Å². The summed E-state index contributed by atoms with van der Waals surface area (Å²) in [5.41, 5.74) is 2.17. The topological polar surface area (TPSA) is 104 Å². The highest BCUT2D eigenvalue weighted by molar-refractivity contribution is 6.46. The van der Waals surface area contributed by atoms with Crippen molar-refractivity contribution in [2.24, 2.45) is 0 Å². The van der Waals surface area contributed by atoms with Crippen LogP contribution < -0.4 is 0 Å². The van der Waals surface area contributed by atoms with Gasteiger partial charge in [0.25, 0.3) is 11.7 Å². The molecule has 0 bridgehead atoms. The smallest absolute Gasteiger partial charge is 0.337 e. The zero-order valence-electron chi connectivity index (χ0n) is 17.0. The van der Waals surface area contributed by atoms with Gasteiger partial charge in [-0.05, 0) is 31.5 Å². The maximum Gasteiger partial charge on any atom is 0.337 e. The quantitative estimate of drug-likeness (QED) is 0.340. The van der Waals surface area contributed by atoms with E-state index in [4.69, 9.17) is 4.74 Å². The Balaban J connectivity index is 2.14. The van der Waals surface area contributed by atoms with Crippen molar-refractivity contribution in [3.63, 3.8) is 0 Å². The van der Waals surface area contributed by atoms with Crippen LogP contribution in [-0.4, -0.2) is 52.5 Å². The molecule has 3 rings (SSSR count). The first-order chi connectivity index (χ1) is 14.2. The number of hydrogen-bond donors (Lipinski definition) is 2. The molecule has 1 saturated heterocycles. The third-order valence-electron chi connectivity index (χ3n) is 4.97. The third-order valence-corrected chi connectivity index (χ3v) is 4.97. The molecule has 0 saturated carbocycles. The summed E-state index contributed by atoms with van der Waals surface area (Å²) >= 11 is 0. The highest BCUT2D eigenvalue weighted by atomic mass is 16.5. The van der Waals surface area contributed by atoms with E-state index in [2.05, 4.69) is 0 Å². The normalized spacial score (nSPS) is 19.1. The lowest BCUT2D eigenvalue weighted by atomic mass is 9.94. The minimum atomic E-state index is -0.896. The van der Waals surface area contributed by atoms with Gasteiger partial charge in [0, 0.05) is 12.1 Å². The Bertz CT molecular complexity index is 1000. The first-order valence-corrected chi connectivity index (χ1v) is 9.46. The molecule has 1 heterocycles. The minimum absolute atomic E-state index is 0.0599. The van der Waals surface area contributed by atoms with Gasteiger partial charge in [0.1, 0.15) is 5.76 Å². The largest absolute Gasteiger partial charge is 0.507 e. The van der Waals surface area contributed by atoms with Gasteiger partial charge in [-0.2, -0.15) is 0 Å². The SMILES string of the molecule is COC(=O)c1ccc(C2/C(=C(\O)c3ccc(C)cc3)C(=O)C(=O)N2CC(C)O)cc1. The number of Topliss-reactive ketones (excluding diaryl/α,β-unsaturated/α-hetero) is 1. The van der Waals surface area contributed by atoms with Crippen molar-refractivity contribution in [1.82, 2.24) is 4.90 Å². The molecule has 0 spiro atoms. The number of amides is 1. The molecule has 0 radical (unpaired) electrons. The average molecular weight is 409 g/mol. The van der Waals surface area contributed by atoms with Gasteiger partial charge in [0.2, 0.25) is 0 Å². The number of aliphatic hydroxyl groups is 2. The van der Waals surface area contributed by atoms with E-state index in [-0.39, 0.29) is 17.9 Å². The Morgan fingerprint density at radius 1 is 1.07 bits per heavy atom. The summed E-state index contributed by atoms with van der Waals surface area (Å²) in [6.45, 7) is 3.32. The van der Waals surface area contributed by atoms with E-state index in [1.165, 1.54) is 31.1 Å². The number of benzene rings is 2. The van der Waals surface area contributed by atoms with Crippen molar-refractivity contribution in [2.45, 2.75) is 26.0 Å². The van der Waals surface area contributed by atoms with E-state index in [9.17, 15) is 24.6 Å². The Labute approximate surface area is 174 Å². The van der Waals surface area contributed by atoms with Crippen molar-refractivity contribution in [3.8, 4) is 0 Å². The fourth-order valence-corrected chi connectivity index (χ4v) is 3.49. The summed E-state index contributed by atoms with van der Waals surface area (Å²) < 4.78 is 4.70. The summed E-state index contributed by atoms with van der Waals surface area (Å²) in [5, 5.41) is 20.8. The molecule has 1 fully saturated rings. The van der Waals surface area contributed by atoms with Crippen LogP contribution in [0.3, 0.4) is 0 Å². The van der Waals surface area contributed by atoms with Crippen molar-refractivity contribution in [1.29, 1.82) is 0 Å². The van der Waals surface area contributed by atoms with E-state index in [0.717, 1.165) is 5.56 Å².